The van der Waals surface area contributed by atoms with E-state index in [1.165, 1.54) is 18.2 Å². The van der Waals surface area contributed by atoms with Gasteiger partial charge in [0.15, 0.2) is 9.84 Å². The molecule has 0 aliphatic heterocycles. The van der Waals surface area contributed by atoms with E-state index in [2.05, 4.69) is 5.43 Å². The number of ether oxygens (including phenoxy) is 2. The molecule has 2 aromatic rings. The number of rotatable bonds is 7. The second-order valence-electron chi connectivity index (χ2n) is 10.2. The smallest absolute Gasteiger partial charge is 0.429 e. The van der Waals surface area contributed by atoms with Gasteiger partial charge in [0.05, 0.1) is 10.9 Å². The molecule has 36 heavy (non-hydrogen) atoms. The van der Waals surface area contributed by atoms with Crippen molar-refractivity contribution in [3.63, 3.8) is 0 Å². The molecule has 9 heteroatoms. The van der Waals surface area contributed by atoms with Crippen LogP contribution >= 0.6 is 0 Å². The van der Waals surface area contributed by atoms with Crippen molar-refractivity contribution in [2.24, 2.45) is 0 Å². The second-order valence-corrected chi connectivity index (χ2v) is 12.1. The summed E-state index contributed by atoms with van der Waals surface area (Å²) in [7, 11) is -3.79. The Morgan fingerprint density at radius 3 is 1.94 bits per heavy atom. The Morgan fingerprint density at radius 2 is 1.42 bits per heavy atom. The van der Waals surface area contributed by atoms with E-state index in [0.717, 1.165) is 16.0 Å². The zero-order valence-corrected chi connectivity index (χ0v) is 22.5. The highest BCUT2D eigenvalue weighted by molar-refractivity contribution is 7.94. The summed E-state index contributed by atoms with van der Waals surface area (Å²) in [5, 5.41) is 2.03. The summed E-state index contributed by atoms with van der Waals surface area (Å²) in [5.41, 5.74) is 1.79. The van der Waals surface area contributed by atoms with E-state index in [1.807, 2.05) is 30.3 Å². The van der Waals surface area contributed by atoms with Crippen LogP contribution in [0, 0.1) is 0 Å². The number of aryl methyl sites for hydroxylation is 1. The summed E-state index contributed by atoms with van der Waals surface area (Å²) >= 11 is 0. The summed E-state index contributed by atoms with van der Waals surface area (Å²) in [6, 6.07) is 16.6. The van der Waals surface area contributed by atoms with Crippen LogP contribution in [0.25, 0.3) is 0 Å². The lowest BCUT2D eigenvalue weighted by molar-refractivity contribution is -0.00559. The highest BCUT2D eigenvalue weighted by Crippen LogP contribution is 2.18. The van der Waals surface area contributed by atoms with Crippen LogP contribution in [0.3, 0.4) is 0 Å². The van der Waals surface area contributed by atoms with Gasteiger partial charge in [-0.1, -0.05) is 48.5 Å². The molecule has 0 aromatic heterocycles. The molecule has 0 aliphatic carbocycles. The summed E-state index contributed by atoms with van der Waals surface area (Å²) < 4.78 is 36.7. The Hall–Kier alpha value is -3.33. The topological polar surface area (TPSA) is 102 Å². The van der Waals surface area contributed by atoms with Gasteiger partial charge in [0.1, 0.15) is 11.2 Å². The van der Waals surface area contributed by atoms with Crippen molar-refractivity contribution >= 4 is 22.0 Å². The Morgan fingerprint density at radius 1 is 0.889 bits per heavy atom. The predicted molar refractivity (Wildman–Crippen MR) is 139 cm³/mol. The Labute approximate surface area is 214 Å². The maximum Gasteiger partial charge on any atom is 0.429 e. The highest BCUT2D eigenvalue weighted by Gasteiger charge is 2.31. The fourth-order valence-corrected chi connectivity index (χ4v) is 4.21. The number of amides is 2. The molecule has 8 nitrogen and oxygen atoms in total. The highest BCUT2D eigenvalue weighted by atomic mass is 32.2. The van der Waals surface area contributed by atoms with Crippen molar-refractivity contribution in [2.45, 2.75) is 76.5 Å². The molecule has 0 saturated heterocycles. The van der Waals surface area contributed by atoms with Gasteiger partial charge in [0, 0.05) is 5.41 Å². The minimum Gasteiger partial charge on any atom is -0.443 e. The van der Waals surface area contributed by atoms with Gasteiger partial charge in [-0.25, -0.2) is 28.4 Å². The molecule has 0 spiro atoms. The first-order chi connectivity index (χ1) is 16.7. The molecular weight excluding hydrogens is 480 g/mol. The van der Waals surface area contributed by atoms with Crippen LogP contribution in [0.4, 0.5) is 9.59 Å². The maximum absolute atomic E-state index is 13.2. The Bertz CT molecular complexity index is 1130. The van der Waals surface area contributed by atoms with Crippen molar-refractivity contribution in [2.75, 3.05) is 0 Å². The first-order valence-corrected chi connectivity index (χ1v) is 13.2. The van der Waals surface area contributed by atoms with Crippen LogP contribution < -0.4 is 5.43 Å². The third kappa shape index (κ3) is 10.1. The SMILES string of the molecule is CC(C)(C)OC(=O)NN(C(=O)OC(C)(C)C)[C@H](/C=C/S(=O)(=O)c1ccccc1)CCc1ccccc1. The van der Waals surface area contributed by atoms with Gasteiger partial charge in [-0.3, -0.25) is 0 Å². The molecule has 0 heterocycles. The van der Waals surface area contributed by atoms with Crippen molar-refractivity contribution in [1.29, 1.82) is 0 Å². The number of sulfone groups is 1. The lowest BCUT2D eigenvalue weighted by Crippen LogP contribution is -2.54. The number of benzene rings is 2. The van der Waals surface area contributed by atoms with Crippen LogP contribution in [0.5, 0.6) is 0 Å². The van der Waals surface area contributed by atoms with E-state index < -0.39 is 39.3 Å². The minimum atomic E-state index is -3.79. The number of carbonyl (C=O) groups is 2. The number of hydrazine groups is 1. The van der Waals surface area contributed by atoms with Crippen molar-refractivity contribution in [1.82, 2.24) is 10.4 Å². The maximum atomic E-state index is 13.2. The quantitative estimate of drug-likeness (QED) is 0.477. The normalized spacial score (nSPS) is 13.2. The molecule has 0 aliphatic rings. The fourth-order valence-electron chi connectivity index (χ4n) is 3.13. The first-order valence-electron chi connectivity index (χ1n) is 11.7. The lowest BCUT2D eigenvalue weighted by atomic mass is 10.1. The summed E-state index contributed by atoms with van der Waals surface area (Å²) in [6.07, 6.45) is 0.494. The van der Waals surface area contributed by atoms with Gasteiger partial charge in [-0.05, 0) is 78.2 Å². The van der Waals surface area contributed by atoms with Gasteiger partial charge < -0.3 is 9.47 Å². The van der Waals surface area contributed by atoms with Gasteiger partial charge in [0.25, 0.3) is 0 Å². The minimum absolute atomic E-state index is 0.118. The van der Waals surface area contributed by atoms with E-state index in [1.54, 1.807) is 59.7 Å². The van der Waals surface area contributed by atoms with E-state index in [-0.39, 0.29) is 4.90 Å². The molecule has 2 amide bonds. The summed E-state index contributed by atoms with van der Waals surface area (Å²) in [4.78, 5) is 25.9. The molecule has 2 rings (SSSR count). The number of nitrogens with zero attached hydrogens (tertiary/aromatic N) is 1. The summed E-state index contributed by atoms with van der Waals surface area (Å²) in [6.45, 7) is 10.2. The zero-order chi connectivity index (χ0) is 27.0. The number of hydrogen-bond donors (Lipinski definition) is 1. The molecule has 0 fully saturated rings. The molecule has 0 saturated carbocycles. The van der Waals surface area contributed by atoms with Crippen molar-refractivity contribution < 1.29 is 27.5 Å². The van der Waals surface area contributed by atoms with Gasteiger partial charge in [-0.15, -0.1) is 0 Å². The summed E-state index contributed by atoms with van der Waals surface area (Å²) in [5.74, 6) is 0. The molecule has 0 bridgehead atoms. The average Bonchev–Trinajstić information content (AvgIpc) is 2.77. The first kappa shape index (κ1) is 28.9. The molecule has 196 valence electrons. The Kier molecular flexibility index (Phi) is 9.69. The van der Waals surface area contributed by atoms with Gasteiger partial charge in [-0.2, -0.15) is 0 Å². The van der Waals surface area contributed by atoms with Crippen molar-refractivity contribution in [3.05, 3.63) is 77.7 Å². The fraction of sp³-hybridized carbons (Fsp3) is 0.407. The largest absolute Gasteiger partial charge is 0.443 e. The molecule has 0 radical (unpaired) electrons. The zero-order valence-electron chi connectivity index (χ0n) is 21.7. The second kappa shape index (κ2) is 12.1. The standard InChI is InChI=1S/C27H36N2O6S/c1-26(2,3)34-24(30)28-29(25(31)35-27(4,5)6)22(18-17-21-13-9-7-10-14-21)19-20-36(32,33)23-15-11-8-12-16-23/h7-16,19-20,22H,17-18H2,1-6H3,(H,28,30)/b20-19+/t22-/m0/s1. The predicted octanol–water partition coefficient (Wildman–Crippen LogP) is 5.65. The van der Waals surface area contributed by atoms with Crippen molar-refractivity contribution in [3.8, 4) is 0 Å². The molecule has 2 aromatic carbocycles. The van der Waals surface area contributed by atoms with E-state index >= 15 is 0 Å². The van der Waals surface area contributed by atoms with E-state index in [9.17, 15) is 18.0 Å². The van der Waals surface area contributed by atoms with E-state index in [0.29, 0.717) is 12.8 Å². The van der Waals surface area contributed by atoms with Crippen LogP contribution in [0.15, 0.2) is 77.0 Å². The number of carbonyl (C=O) groups excluding carboxylic acids is 2. The van der Waals surface area contributed by atoms with Crippen LogP contribution in [0.1, 0.15) is 53.5 Å². The Balaban J connectivity index is 2.43. The monoisotopic (exact) mass is 516 g/mol. The van der Waals surface area contributed by atoms with Gasteiger partial charge in [0.2, 0.25) is 0 Å². The number of hydrogen-bond acceptors (Lipinski definition) is 6. The molecule has 1 atom stereocenters. The van der Waals surface area contributed by atoms with Crippen LogP contribution in [-0.2, 0) is 25.7 Å². The average molecular weight is 517 g/mol. The van der Waals surface area contributed by atoms with Crippen LogP contribution in [0.2, 0.25) is 0 Å². The molecular formula is C27H36N2O6S. The molecule has 1 N–H and O–H groups in total. The number of nitrogens with one attached hydrogen (secondary N) is 1. The lowest BCUT2D eigenvalue weighted by Gasteiger charge is -2.33. The third-order valence-electron chi connectivity index (χ3n) is 4.66. The molecule has 0 unspecified atom stereocenters. The van der Waals surface area contributed by atoms with E-state index in [4.69, 9.17) is 9.47 Å². The van der Waals surface area contributed by atoms with Crippen LogP contribution in [-0.4, -0.2) is 42.9 Å². The third-order valence-corrected chi connectivity index (χ3v) is 6.10. The van der Waals surface area contributed by atoms with Gasteiger partial charge >= 0.3 is 12.2 Å².